The third-order valence-corrected chi connectivity index (χ3v) is 4.62. The molecule has 0 aliphatic heterocycles. The first-order chi connectivity index (χ1) is 9.19. The van der Waals surface area contributed by atoms with E-state index in [1.807, 2.05) is 0 Å². The van der Waals surface area contributed by atoms with E-state index < -0.39 is 0 Å². The minimum Gasteiger partial charge on any atom is -0.310 e. The van der Waals surface area contributed by atoms with Crippen LogP contribution in [0.2, 0.25) is 0 Å². The average molecular weight is 259 g/mol. The summed E-state index contributed by atoms with van der Waals surface area (Å²) < 4.78 is 0. The summed E-state index contributed by atoms with van der Waals surface area (Å²) in [5.74, 6) is 1.00. The molecule has 1 aliphatic carbocycles. The molecule has 1 aromatic carbocycles. The zero-order valence-corrected chi connectivity index (χ0v) is 12.8. The summed E-state index contributed by atoms with van der Waals surface area (Å²) in [7, 11) is 0. The highest BCUT2D eigenvalue weighted by Crippen LogP contribution is 2.27. The van der Waals surface area contributed by atoms with Gasteiger partial charge in [0, 0.05) is 12.6 Å². The van der Waals surface area contributed by atoms with E-state index >= 15 is 0 Å². The van der Waals surface area contributed by atoms with Crippen molar-refractivity contribution in [3.63, 3.8) is 0 Å². The summed E-state index contributed by atoms with van der Waals surface area (Å²) in [6.07, 6.45) is 8.39. The molecule has 1 heteroatoms. The fourth-order valence-electron chi connectivity index (χ4n) is 3.36. The molecule has 1 fully saturated rings. The van der Waals surface area contributed by atoms with Crippen molar-refractivity contribution in [1.29, 1.82) is 0 Å². The number of hydrogen-bond donors (Lipinski definition) is 1. The van der Waals surface area contributed by atoms with Crippen molar-refractivity contribution >= 4 is 0 Å². The Bertz CT molecular complexity index is 389. The summed E-state index contributed by atoms with van der Waals surface area (Å²) in [5.41, 5.74) is 4.25. The summed E-state index contributed by atoms with van der Waals surface area (Å²) in [6.45, 7) is 7.74. The predicted octanol–water partition coefficient (Wildman–Crippen LogP) is 4.75. The molecule has 0 amide bonds. The molecule has 2 rings (SSSR count). The Hall–Kier alpha value is -0.820. The molecule has 19 heavy (non-hydrogen) atoms. The number of rotatable bonds is 5. The second kappa shape index (κ2) is 7.09. The lowest BCUT2D eigenvalue weighted by Crippen LogP contribution is -2.32. The van der Waals surface area contributed by atoms with Gasteiger partial charge in [0.05, 0.1) is 0 Å². The number of nitrogens with one attached hydrogen (secondary N) is 1. The van der Waals surface area contributed by atoms with Crippen LogP contribution in [0, 0.1) is 19.8 Å². The Morgan fingerprint density at radius 1 is 1.11 bits per heavy atom. The van der Waals surface area contributed by atoms with Gasteiger partial charge < -0.3 is 5.32 Å². The second-order valence-electron chi connectivity index (χ2n) is 6.32. The Morgan fingerprint density at radius 3 is 2.47 bits per heavy atom. The third kappa shape index (κ3) is 4.35. The maximum absolute atomic E-state index is 3.76. The molecule has 0 heterocycles. The van der Waals surface area contributed by atoms with Crippen LogP contribution in [0.1, 0.15) is 62.1 Å². The number of aryl methyl sites for hydroxylation is 2. The van der Waals surface area contributed by atoms with Gasteiger partial charge in [-0.3, -0.25) is 0 Å². The maximum atomic E-state index is 3.76. The van der Waals surface area contributed by atoms with E-state index in [9.17, 15) is 0 Å². The molecule has 1 aliphatic rings. The van der Waals surface area contributed by atoms with Crippen LogP contribution in [0.3, 0.4) is 0 Å². The fourth-order valence-corrected chi connectivity index (χ4v) is 3.36. The molecule has 1 nitrogen and oxygen atoms in total. The Labute approximate surface area is 118 Å². The van der Waals surface area contributed by atoms with Crippen LogP contribution < -0.4 is 5.32 Å². The lowest BCUT2D eigenvalue weighted by atomic mass is 9.83. The SMILES string of the molecule is CCCC1CCC(NCc2ccc(C)cc2C)CC1. The van der Waals surface area contributed by atoms with Crippen LogP contribution in [0.15, 0.2) is 18.2 Å². The van der Waals surface area contributed by atoms with Crippen molar-refractivity contribution in [2.45, 2.75) is 71.9 Å². The normalized spacial score (nSPS) is 23.5. The van der Waals surface area contributed by atoms with E-state index in [0.717, 1.165) is 18.5 Å². The third-order valence-electron chi connectivity index (χ3n) is 4.62. The molecule has 0 aromatic heterocycles. The first kappa shape index (κ1) is 14.6. The van der Waals surface area contributed by atoms with Crippen molar-refractivity contribution in [3.05, 3.63) is 34.9 Å². The molecule has 1 N–H and O–H groups in total. The van der Waals surface area contributed by atoms with E-state index in [0.29, 0.717) is 0 Å². The van der Waals surface area contributed by atoms with Crippen molar-refractivity contribution in [3.8, 4) is 0 Å². The standard InChI is InChI=1S/C18H29N/c1-4-5-16-7-10-18(11-8-16)19-13-17-9-6-14(2)12-15(17)3/h6,9,12,16,18-19H,4-5,7-8,10-11,13H2,1-3H3. The highest BCUT2D eigenvalue weighted by molar-refractivity contribution is 5.30. The van der Waals surface area contributed by atoms with Gasteiger partial charge in [-0.25, -0.2) is 0 Å². The Morgan fingerprint density at radius 2 is 1.84 bits per heavy atom. The lowest BCUT2D eigenvalue weighted by molar-refractivity contribution is 0.277. The van der Waals surface area contributed by atoms with E-state index in [4.69, 9.17) is 0 Å². The molecule has 0 bridgehead atoms. The molecular formula is C18H29N. The molecule has 0 spiro atoms. The van der Waals surface area contributed by atoms with Crippen LogP contribution in [0.25, 0.3) is 0 Å². The topological polar surface area (TPSA) is 12.0 Å². The van der Waals surface area contributed by atoms with Gasteiger partial charge in [-0.2, -0.15) is 0 Å². The van der Waals surface area contributed by atoms with Crippen molar-refractivity contribution in [2.75, 3.05) is 0 Å². The average Bonchev–Trinajstić information content (AvgIpc) is 2.40. The molecule has 106 valence electrons. The Kier molecular flexibility index (Phi) is 5.45. The van der Waals surface area contributed by atoms with Gasteiger partial charge in [0.25, 0.3) is 0 Å². The van der Waals surface area contributed by atoms with Gasteiger partial charge in [-0.15, -0.1) is 0 Å². The maximum Gasteiger partial charge on any atom is 0.0210 e. The summed E-state index contributed by atoms with van der Waals surface area (Å²) >= 11 is 0. The molecule has 1 aromatic rings. The first-order valence-electron chi connectivity index (χ1n) is 7.98. The summed E-state index contributed by atoms with van der Waals surface area (Å²) in [4.78, 5) is 0. The molecular weight excluding hydrogens is 230 g/mol. The van der Waals surface area contributed by atoms with Gasteiger partial charge in [-0.05, 0) is 56.6 Å². The number of benzene rings is 1. The van der Waals surface area contributed by atoms with E-state index in [-0.39, 0.29) is 0 Å². The largest absolute Gasteiger partial charge is 0.310 e. The highest BCUT2D eigenvalue weighted by Gasteiger charge is 2.19. The molecule has 0 unspecified atom stereocenters. The van der Waals surface area contributed by atoms with E-state index in [2.05, 4.69) is 44.3 Å². The zero-order chi connectivity index (χ0) is 13.7. The highest BCUT2D eigenvalue weighted by atomic mass is 14.9. The first-order valence-corrected chi connectivity index (χ1v) is 7.98. The smallest absolute Gasteiger partial charge is 0.0210 e. The van der Waals surface area contributed by atoms with Gasteiger partial charge in [0.15, 0.2) is 0 Å². The van der Waals surface area contributed by atoms with Gasteiger partial charge in [0.1, 0.15) is 0 Å². The van der Waals surface area contributed by atoms with Gasteiger partial charge in [-0.1, -0.05) is 43.5 Å². The lowest BCUT2D eigenvalue weighted by Gasteiger charge is -2.29. The second-order valence-corrected chi connectivity index (χ2v) is 6.32. The van der Waals surface area contributed by atoms with Crippen LogP contribution in [0.5, 0.6) is 0 Å². The molecule has 0 radical (unpaired) electrons. The zero-order valence-electron chi connectivity index (χ0n) is 12.8. The van der Waals surface area contributed by atoms with Crippen LogP contribution in [-0.4, -0.2) is 6.04 Å². The van der Waals surface area contributed by atoms with Crippen LogP contribution >= 0.6 is 0 Å². The van der Waals surface area contributed by atoms with E-state index in [1.165, 1.54) is 55.2 Å². The van der Waals surface area contributed by atoms with Gasteiger partial charge in [0.2, 0.25) is 0 Å². The fraction of sp³-hybridized carbons (Fsp3) is 0.667. The van der Waals surface area contributed by atoms with E-state index in [1.54, 1.807) is 0 Å². The number of hydrogen-bond acceptors (Lipinski definition) is 1. The van der Waals surface area contributed by atoms with Crippen molar-refractivity contribution in [1.82, 2.24) is 5.32 Å². The van der Waals surface area contributed by atoms with Crippen molar-refractivity contribution in [2.24, 2.45) is 5.92 Å². The molecule has 0 atom stereocenters. The molecule has 1 saturated carbocycles. The van der Waals surface area contributed by atoms with Crippen molar-refractivity contribution < 1.29 is 0 Å². The van der Waals surface area contributed by atoms with Crippen LogP contribution in [0.4, 0.5) is 0 Å². The summed E-state index contributed by atoms with van der Waals surface area (Å²) in [5, 5.41) is 3.76. The van der Waals surface area contributed by atoms with Gasteiger partial charge >= 0.3 is 0 Å². The monoisotopic (exact) mass is 259 g/mol. The minimum absolute atomic E-state index is 0.744. The summed E-state index contributed by atoms with van der Waals surface area (Å²) in [6, 6.07) is 7.53. The predicted molar refractivity (Wildman–Crippen MR) is 83.4 cm³/mol. The Balaban J connectivity index is 1.77. The van der Waals surface area contributed by atoms with Crippen LogP contribution in [-0.2, 0) is 6.54 Å². The molecule has 0 saturated heterocycles. The quantitative estimate of drug-likeness (QED) is 0.804. The minimum atomic E-state index is 0.744.